The van der Waals surface area contributed by atoms with Crippen molar-refractivity contribution in [3.05, 3.63) is 0 Å². The second-order valence-electron chi connectivity index (χ2n) is 12.8. The Labute approximate surface area is 256 Å². The lowest BCUT2D eigenvalue weighted by molar-refractivity contribution is -0.150. The van der Waals surface area contributed by atoms with E-state index in [4.69, 9.17) is 9.84 Å². The Morgan fingerprint density at radius 1 is 0.439 bits per heavy atom. The molecule has 0 aliphatic heterocycles. The summed E-state index contributed by atoms with van der Waals surface area (Å²) >= 11 is 0. The van der Waals surface area contributed by atoms with Gasteiger partial charge in [0.05, 0.1) is 0 Å². The largest absolute Gasteiger partial charge is 0.481 e. The molecular formula is C37H72O4. The normalized spacial score (nSPS) is 12.0. The minimum Gasteiger partial charge on any atom is -0.481 e. The summed E-state index contributed by atoms with van der Waals surface area (Å²) in [4.78, 5) is 23.4. The maximum Gasteiger partial charge on any atom is 0.306 e. The van der Waals surface area contributed by atoms with Crippen molar-refractivity contribution >= 4 is 11.9 Å². The first-order valence-electron chi connectivity index (χ1n) is 18.5. The van der Waals surface area contributed by atoms with Gasteiger partial charge in [-0.15, -0.1) is 0 Å². The van der Waals surface area contributed by atoms with Gasteiger partial charge in [0, 0.05) is 12.8 Å². The molecule has 0 aromatic heterocycles. The molecule has 0 fully saturated rings. The van der Waals surface area contributed by atoms with Crippen molar-refractivity contribution in [2.24, 2.45) is 0 Å². The van der Waals surface area contributed by atoms with Crippen LogP contribution in [-0.2, 0) is 14.3 Å². The van der Waals surface area contributed by atoms with E-state index in [0.29, 0.717) is 19.3 Å². The molecule has 0 aromatic rings. The lowest BCUT2D eigenvalue weighted by Gasteiger charge is -2.18. The van der Waals surface area contributed by atoms with Gasteiger partial charge in [-0.05, 0) is 32.1 Å². The van der Waals surface area contributed by atoms with E-state index in [1.807, 2.05) is 0 Å². The molecule has 244 valence electrons. The van der Waals surface area contributed by atoms with Crippen LogP contribution in [0.1, 0.15) is 219 Å². The third-order valence-electron chi connectivity index (χ3n) is 8.58. The molecule has 41 heavy (non-hydrogen) atoms. The van der Waals surface area contributed by atoms with Gasteiger partial charge in [-0.25, -0.2) is 0 Å². The Hall–Kier alpha value is -1.06. The summed E-state index contributed by atoms with van der Waals surface area (Å²) < 4.78 is 5.82. The molecule has 4 heteroatoms. The Bertz CT molecular complexity index is 547. The van der Waals surface area contributed by atoms with Crippen LogP contribution in [0.25, 0.3) is 0 Å². The van der Waals surface area contributed by atoms with Crippen LogP contribution in [0.4, 0.5) is 0 Å². The molecule has 0 aromatic carbocycles. The van der Waals surface area contributed by atoms with E-state index < -0.39 is 5.97 Å². The van der Waals surface area contributed by atoms with Crippen LogP contribution < -0.4 is 0 Å². The van der Waals surface area contributed by atoms with Crippen molar-refractivity contribution < 1.29 is 19.4 Å². The predicted molar refractivity (Wildman–Crippen MR) is 177 cm³/mol. The van der Waals surface area contributed by atoms with Crippen LogP contribution in [-0.4, -0.2) is 23.1 Å². The molecule has 0 aliphatic rings. The summed E-state index contributed by atoms with van der Waals surface area (Å²) in [6, 6.07) is 0. The number of rotatable bonds is 34. The number of carbonyl (C=O) groups excluding carboxylic acids is 1. The number of ether oxygens (including phenoxy) is 1. The van der Waals surface area contributed by atoms with Gasteiger partial charge in [0.25, 0.3) is 0 Å². The summed E-state index contributed by atoms with van der Waals surface area (Å²) in [5, 5.41) is 8.99. The quantitative estimate of drug-likeness (QED) is 0.0607. The third kappa shape index (κ3) is 33.3. The first-order chi connectivity index (χ1) is 20.1. The summed E-state index contributed by atoms with van der Waals surface area (Å²) in [7, 11) is 0. The highest BCUT2D eigenvalue weighted by molar-refractivity contribution is 5.69. The van der Waals surface area contributed by atoms with E-state index in [2.05, 4.69) is 13.8 Å². The van der Waals surface area contributed by atoms with E-state index >= 15 is 0 Å². The van der Waals surface area contributed by atoms with E-state index in [1.165, 1.54) is 154 Å². The van der Waals surface area contributed by atoms with Crippen LogP contribution in [0.5, 0.6) is 0 Å². The molecule has 1 atom stereocenters. The van der Waals surface area contributed by atoms with Crippen molar-refractivity contribution in [1.82, 2.24) is 0 Å². The molecular weight excluding hydrogens is 508 g/mol. The number of esters is 1. The van der Waals surface area contributed by atoms with Gasteiger partial charge in [0.2, 0.25) is 0 Å². The van der Waals surface area contributed by atoms with Crippen molar-refractivity contribution in [2.75, 3.05) is 0 Å². The number of aliphatic carboxylic acids is 1. The van der Waals surface area contributed by atoms with Crippen molar-refractivity contribution in [1.29, 1.82) is 0 Å². The van der Waals surface area contributed by atoms with Crippen molar-refractivity contribution in [3.63, 3.8) is 0 Å². The molecule has 0 radical (unpaired) electrons. The maximum absolute atomic E-state index is 12.5. The highest BCUT2D eigenvalue weighted by atomic mass is 16.5. The molecule has 0 bridgehead atoms. The van der Waals surface area contributed by atoms with Crippen LogP contribution >= 0.6 is 0 Å². The highest BCUT2D eigenvalue weighted by Gasteiger charge is 2.15. The summed E-state index contributed by atoms with van der Waals surface area (Å²) in [6.07, 6.45) is 38.3. The predicted octanol–water partition coefficient (Wildman–Crippen LogP) is 12.5. The number of carboxylic acids is 1. The van der Waals surface area contributed by atoms with Gasteiger partial charge in [0.1, 0.15) is 6.10 Å². The van der Waals surface area contributed by atoms with E-state index in [9.17, 15) is 9.59 Å². The lowest BCUT2D eigenvalue weighted by Crippen LogP contribution is -2.18. The Morgan fingerprint density at radius 2 is 0.756 bits per heavy atom. The van der Waals surface area contributed by atoms with Crippen molar-refractivity contribution in [2.45, 2.75) is 225 Å². The second kappa shape index (κ2) is 33.4. The number of hydrogen-bond donors (Lipinski definition) is 1. The van der Waals surface area contributed by atoms with E-state index in [1.54, 1.807) is 0 Å². The minimum atomic E-state index is -0.765. The molecule has 0 rings (SSSR count). The Kier molecular flexibility index (Phi) is 32.6. The molecule has 1 unspecified atom stereocenters. The zero-order chi connectivity index (χ0) is 30.1. The number of unbranched alkanes of at least 4 members (excludes halogenated alkanes) is 25. The standard InChI is InChI=1S/C37H72O4/c1-3-5-7-9-11-13-15-17-19-21-23-25-27-29-34-37(40)41-35(32-30-33-36(38)39)31-28-26-24-22-20-18-16-14-12-10-8-6-4-2/h35H,3-34H2,1-2H3,(H,38,39). The minimum absolute atomic E-state index is 0.0843. The molecule has 0 aliphatic carbocycles. The van der Waals surface area contributed by atoms with Gasteiger partial charge in [0.15, 0.2) is 0 Å². The lowest BCUT2D eigenvalue weighted by atomic mass is 10.0. The average Bonchev–Trinajstić information content (AvgIpc) is 2.95. The summed E-state index contributed by atoms with van der Waals surface area (Å²) in [5.74, 6) is -0.850. The first kappa shape index (κ1) is 39.9. The van der Waals surface area contributed by atoms with Crippen molar-refractivity contribution in [3.8, 4) is 0 Å². The number of carboxylic acid groups (broad SMARTS) is 1. The van der Waals surface area contributed by atoms with Crippen LogP contribution in [0.2, 0.25) is 0 Å². The van der Waals surface area contributed by atoms with Gasteiger partial charge in [-0.2, -0.15) is 0 Å². The van der Waals surface area contributed by atoms with Gasteiger partial charge < -0.3 is 9.84 Å². The zero-order valence-corrected chi connectivity index (χ0v) is 27.9. The van der Waals surface area contributed by atoms with Gasteiger partial charge >= 0.3 is 11.9 Å². The average molecular weight is 581 g/mol. The SMILES string of the molecule is CCCCCCCCCCCCCCCCC(=O)OC(CCCCCCCCCCCCCCC)CCCC(=O)O. The fraction of sp³-hybridized carbons (Fsp3) is 0.946. The Morgan fingerprint density at radius 3 is 1.12 bits per heavy atom. The van der Waals surface area contributed by atoms with Crippen LogP contribution in [0.3, 0.4) is 0 Å². The molecule has 4 nitrogen and oxygen atoms in total. The molecule has 0 saturated carbocycles. The molecule has 1 N–H and O–H groups in total. The molecule has 0 saturated heterocycles. The van der Waals surface area contributed by atoms with Gasteiger partial charge in [-0.3, -0.25) is 9.59 Å². The monoisotopic (exact) mass is 581 g/mol. The third-order valence-corrected chi connectivity index (χ3v) is 8.58. The molecule has 0 amide bonds. The number of carbonyl (C=O) groups is 2. The maximum atomic E-state index is 12.5. The first-order valence-corrected chi connectivity index (χ1v) is 18.5. The zero-order valence-electron chi connectivity index (χ0n) is 27.9. The molecule has 0 heterocycles. The van der Waals surface area contributed by atoms with E-state index in [0.717, 1.165) is 25.7 Å². The summed E-state index contributed by atoms with van der Waals surface area (Å²) in [6.45, 7) is 4.55. The second-order valence-corrected chi connectivity index (χ2v) is 12.8. The van der Waals surface area contributed by atoms with Crippen LogP contribution in [0.15, 0.2) is 0 Å². The fourth-order valence-corrected chi connectivity index (χ4v) is 5.84. The topological polar surface area (TPSA) is 63.6 Å². The van der Waals surface area contributed by atoms with Crippen LogP contribution in [0, 0.1) is 0 Å². The number of hydrogen-bond acceptors (Lipinski definition) is 3. The fourth-order valence-electron chi connectivity index (χ4n) is 5.84. The highest BCUT2D eigenvalue weighted by Crippen LogP contribution is 2.18. The summed E-state index contributed by atoms with van der Waals surface area (Å²) in [5.41, 5.74) is 0. The smallest absolute Gasteiger partial charge is 0.306 e. The molecule has 0 spiro atoms. The van der Waals surface area contributed by atoms with E-state index in [-0.39, 0.29) is 18.5 Å². The van der Waals surface area contributed by atoms with Gasteiger partial charge in [-0.1, -0.05) is 174 Å². The Balaban J connectivity index is 3.79.